The highest BCUT2D eigenvalue weighted by atomic mass is 19.4. The van der Waals surface area contributed by atoms with Gasteiger partial charge in [0.1, 0.15) is 17.2 Å². The Bertz CT molecular complexity index is 1180. The van der Waals surface area contributed by atoms with Gasteiger partial charge in [0, 0.05) is 5.39 Å². The van der Waals surface area contributed by atoms with Crippen LogP contribution in [0.1, 0.15) is 33.3 Å². The highest BCUT2D eigenvalue weighted by Crippen LogP contribution is 2.56. The number of carbonyl (C=O) groups is 2. The molecule has 3 rings (SSSR count). The van der Waals surface area contributed by atoms with Crippen molar-refractivity contribution >= 4 is 23.0 Å². The monoisotopic (exact) mass is 451 g/mol. The molecule has 1 aromatic carbocycles. The molecule has 11 heteroatoms. The third kappa shape index (κ3) is 3.23. The summed E-state index contributed by atoms with van der Waals surface area (Å²) in [5.41, 5.74) is -0.890. The lowest BCUT2D eigenvalue weighted by Crippen LogP contribution is -2.54. The topological polar surface area (TPSA) is 117 Å². The smallest absolute Gasteiger partial charge is 0.421 e. The van der Waals surface area contributed by atoms with Crippen molar-refractivity contribution in [2.24, 2.45) is 5.73 Å². The van der Waals surface area contributed by atoms with Crippen LogP contribution < -0.4 is 10.5 Å². The molecule has 8 nitrogen and oxygen atoms in total. The number of nitrogens with two attached hydrogens (primary N) is 1. The van der Waals surface area contributed by atoms with E-state index in [2.05, 4.69) is 0 Å². The van der Waals surface area contributed by atoms with E-state index in [-0.39, 0.29) is 10.9 Å². The number of nitrogens with zero attached hydrogens (tertiary/aromatic N) is 2. The van der Waals surface area contributed by atoms with Gasteiger partial charge < -0.3 is 19.9 Å². The molecular weight excluding hydrogens is 431 g/mol. The molecule has 170 valence electrons. The number of hydrogen-bond acceptors (Lipinski definition) is 7. The molecular formula is C21H20F3N3O5. The Balaban J connectivity index is 2.53. The van der Waals surface area contributed by atoms with Gasteiger partial charge in [-0.3, -0.25) is 4.79 Å². The van der Waals surface area contributed by atoms with Crippen molar-refractivity contribution in [1.82, 2.24) is 4.57 Å². The number of para-hydroxylation sites is 1. The lowest BCUT2D eigenvalue weighted by Gasteiger charge is -2.36. The van der Waals surface area contributed by atoms with E-state index < -0.39 is 58.8 Å². The quantitative estimate of drug-likeness (QED) is 0.689. The SMILES string of the molecule is CCOC(=O)[C@@]1(C(F)(F)F)C(C#N)=C(N)Oc2c1c1ccccc1n2C(=O)OC(C)(C)C. The molecule has 0 amide bonds. The van der Waals surface area contributed by atoms with Crippen LogP contribution >= 0.6 is 0 Å². The number of aromatic nitrogens is 1. The molecule has 2 aromatic rings. The standard InChI is InChI=1S/C21H20F3N3O5/c1-5-30-17(28)20(21(22,23)24)12(10-25)15(26)31-16-14(20)11-8-6-7-9-13(11)27(16)18(29)32-19(2,3)4/h6-9H,5,26H2,1-4H3/t20-/m1/s1. The second-order valence-corrected chi connectivity index (χ2v) is 7.93. The first-order chi connectivity index (χ1) is 14.8. The Hall–Kier alpha value is -3.68. The molecule has 0 radical (unpaired) electrons. The maximum atomic E-state index is 14.7. The molecule has 0 saturated heterocycles. The molecule has 0 spiro atoms. The van der Waals surface area contributed by atoms with Gasteiger partial charge in [0.2, 0.25) is 17.2 Å². The van der Waals surface area contributed by atoms with Crippen molar-refractivity contribution in [2.45, 2.75) is 44.9 Å². The number of nitriles is 1. The van der Waals surface area contributed by atoms with Crippen LogP contribution in [0.25, 0.3) is 10.9 Å². The first kappa shape index (κ1) is 23.0. The minimum absolute atomic E-state index is 0.0309. The Morgan fingerprint density at radius 2 is 1.88 bits per heavy atom. The molecule has 1 aromatic heterocycles. The molecule has 1 aliphatic rings. The normalized spacial score (nSPS) is 18.6. The summed E-state index contributed by atoms with van der Waals surface area (Å²) in [6.45, 7) is 5.65. The van der Waals surface area contributed by atoms with Gasteiger partial charge in [-0.25, -0.2) is 9.36 Å². The number of halogens is 3. The molecule has 0 saturated carbocycles. The predicted molar refractivity (Wildman–Crippen MR) is 105 cm³/mol. The summed E-state index contributed by atoms with van der Waals surface area (Å²) in [4.78, 5) is 25.9. The van der Waals surface area contributed by atoms with Crippen molar-refractivity contribution < 1.29 is 37.0 Å². The van der Waals surface area contributed by atoms with Crippen LogP contribution in [0, 0.1) is 11.3 Å². The minimum Gasteiger partial charge on any atom is -0.465 e. The number of esters is 1. The number of hydrogen-bond donors (Lipinski definition) is 1. The van der Waals surface area contributed by atoms with Crippen LogP contribution in [0.3, 0.4) is 0 Å². The van der Waals surface area contributed by atoms with Crippen molar-refractivity contribution in [3.05, 3.63) is 41.3 Å². The molecule has 2 heterocycles. The lowest BCUT2D eigenvalue weighted by atomic mass is 9.72. The van der Waals surface area contributed by atoms with Crippen LogP contribution in [-0.2, 0) is 19.7 Å². The summed E-state index contributed by atoms with van der Waals surface area (Å²) in [7, 11) is 0. The van der Waals surface area contributed by atoms with Crippen LogP contribution in [-0.4, -0.2) is 35.0 Å². The number of carbonyl (C=O) groups excluding carboxylic acids is 2. The van der Waals surface area contributed by atoms with E-state index in [0.29, 0.717) is 0 Å². The number of benzene rings is 1. The lowest BCUT2D eigenvalue weighted by molar-refractivity contribution is -0.201. The Morgan fingerprint density at radius 3 is 2.41 bits per heavy atom. The second kappa shape index (κ2) is 7.47. The molecule has 0 bridgehead atoms. The van der Waals surface area contributed by atoms with E-state index in [0.717, 1.165) is 4.57 Å². The van der Waals surface area contributed by atoms with E-state index >= 15 is 0 Å². The highest BCUT2D eigenvalue weighted by Gasteiger charge is 2.70. The van der Waals surface area contributed by atoms with Crippen molar-refractivity contribution in [2.75, 3.05) is 6.61 Å². The van der Waals surface area contributed by atoms with Crippen molar-refractivity contribution in [1.29, 1.82) is 5.26 Å². The van der Waals surface area contributed by atoms with E-state index in [1.54, 1.807) is 20.8 Å². The largest absolute Gasteiger partial charge is 0.465 e. The predicted octanol–water partition coefficient (Wildman–Crippen LogP) is 3.87. The fourth-order valence-corrected chi connectivity index (χ4v) is 3.61. The second-order valence-electron chi connectivity index (χ2n) is 7.93. The number of ether oxygens (including phenoxy) is 3. The number of alkyl halides is 3. The first-order valence-electron chi connectivity index (χ1n) is 9.50. The maximum Gasteiger partial charge on any atom is 0.421 e. The van der Waals surface area contributed by atoms with Gasteiger partial charge >= 0.3 is 18.2 Å². The van der Waals surface area contributed by atoms with E-state index in [4.69, 9.17) is 19.9 Å². The van der Waals surface area contributed by atoms with Crippen LogP contribution in [0.15, 0.2) is 35.7 Å². The molecule has 2 N–H and O–H groups in total. The minimum atomic E-state index is -5.36. The van der Waals surface area contributed by atoms with Gasteiger partial charge in [-0.15, -0.1) is 0 Å². The molecule has 32 heavy (non-hydrogen) atoms. The number of fused-ring (bicyclic) bond motifs is 3. The first-order valence-corrected chi connectivity index (χ1v) is 9.50. The fraction of sp³-hybridized carbons (Fsp3) is 0.381. The van der Waals surface area contributed by atoms with E-state index in [1.807, 2.05) is 0 Å². The van der Waals surface area contributed by atoms with Gasteiger partial charge in [-0.1, -0.05) is 18.2 Å². The van der Waals surface area contributed by atoms with Gasteiger partial charge in [0.25, 0.3) is 0 Å². The van der Waals surface area contributed by atoms with Crippen molar-refractivity contribution in [3.63, 3.8) is 0 Å². The third-order valence-electron chi connectivity index (χ3n) is 4.73. The average molecular weight is 451 g/mol. The summed E-state index contributed by atoms with van der Waals surface area (Å²) in [5.74, 6) is -3.41. The Kier molecular flexibility index (Phi) is 5.37. The zero-order valence-electron chi connectivity index (χ0n) is 17.7. The molecule has 0 aliphatic carbocycles. The zero-order chi connectivity index (χ0) is 24.1. The number of rotatable bonds is 2. The summed E-state index contributed by atoms with van der Waals surface area (Å²) < 4.78 is 60.5. The van der Waals surface area contributed by atoms with Gasteiger partial charge in [0.05, 0.1) is 17.7 Å². The van der Waals surface area contributed by atoms with E-state index in [9.17, 15) is 28.0 Å². The Morgan fingerprint density at radius 1 is 1.25 bits per heavy atom. The van der Waals surface area contributed by atoms with Crippen LogP contribution in [0.5, 0.6) is 5.88 Å². The van der Waals surface area contributed by atoms with Crippen LogP contribution in [0.4, 0.5) is 18.0 Å². The zero-order valence-corrected chi connectivity index (χ0v) is 17.7. The van der Waals surface area contributed by atoms with Gasteiger partial charge in [-0.05, 0) is 33.8 Å². The molecule has 1 aliphatic heterocycles. The van der Waals surface area contributed by atoms with Gasteiger partial charge in [0.15, 0.2) is 0 Å². The summed E-state index contributed by atoms with van der Waals surface area (Å²) in [6.07, 6.45) is -6.42. The fourth-order valence-electron chi connectivity index (χ4n) is 3.61. The third-order valence-corrected chi connectivity index (χ3v) is 4.73. The molecule has 0 fully saturated rings. The highest BCUT2D eigenvalue weighted by molar-refractivity contribution is 6.03. The van der Waals surface area contributed by atoms with Crippen LogP contribution in [0.2, 0.25) is 0 Å². The van der Waals surface area contributed by atoms with Gasteiger partial charge in [-0.2, -0.15) is 18.4 Å². The van der Waals surface area contributed by atoms with Crippen molar-refractivity contribution in [3.8, 4) is 11.9 Å². The maximum absolute atomic E-state index is 14.7. The molecule has 0 unspecified atom stereocenters. The average Bonchev–Trinajstić information content (AvgIpc) is 2.98. The summed E-state index contributed by atoms with van der Waals surface area (Å²) in [5, 5.41) is 9.42. The summed E-state index contributed by atoms with van der Waals surface area (Å²) >= 11 is 0. The molecule has 1 atom stereocenters. The summed E-state index contributed by atoms with van der Waals surface area (Å²) in [6, 6.07) is 6.89. The Labute approximate surface area is 180 Å². The van der Waals surface area contributed by atoms with E-state index in [1.165, 1.54) is 37.3 Å².